The number of aryl methyl sites for hydroxylation is 2. The van der Waals surface area contributed by atoms with Crippen LogP contribution in [0.3, 0.4) is 0 Å². The molecule has 1 aliphatic rings. The first kappa shape index (κ1) is 21.3. The molecule has 3 aromatic heterocycles. The van der Waals surface area contributed by atoms with Crippen molar-refractivity contribution in [2.45, 2.75) is 19.9 Å². The summed E-state index contributed by atoms with van der Waals surface area (Å²) in [5.41, 5.74) is 2.97. The summed E-state index contributed by atoms with van der Waals surface area (Å²) in [5.74, 6) is 0.876. The molecule has 8 nitrogen and oxygen atoms in total. The lowest BCUT2D eigenvalue weighted by atomic mass is 10.1. The summed E-state index contributed by atoms with van der Waals surface area (Å²) >= 11 is 1.47. The van der Waals surface area contributed by atoms with Crippen LogP contribution in [0.15, 0.2) is 59.4 Å². The van der Waals surface area contributed by atoms with Gasteiger partial charge < -0.3 is 9.80 Å². The zero-order valence-corrected chi connectivity index (χ0v) is 19.2. The topological polar surface area (TPSA) is 84.2 Å². The molecule has 9 heteroatoms. The molecular formula is C24H24N6O2S. The van der Waals surface area contributed by atoms with Crippen molar-refractivity contribution < 1.29 is 4.79 Å². The van der Waals surface area contributed by atoms with Crippen molar-refractivity contribution in [3.63, 3.8) is 0 Å². The highest BCUT2D eigenvalue weighted by atomic mass is 32.1. The van der Waals surface area contributed by atoms with Crippen LogP contribution in [0.25, 0.3) is 21.3 Å². The summed E-state index contributed by atoms with van der Waals surface area (Å²) in [4.78, 5) is 43.6. The fourth-order valence-electron chi connectivity index (χ4n) is 4.09. The standard InChI is InChI=1S/C24H24N6O2S/c1-17-2-4-18(5-3-17)19-15-33-23-22(19)24(32)30(16-27-23)9-6-21(31)29-12-10-28(11-13-29)20-14-25-7-8-26-20/h2-5,7-8,14-16H,6,9-13H2,1H3. The molecule has 4 aromatic rings. The Hall–Kier alpha value is -3.59. The van der Waals surface area contributed by atoms with Gasteiger partial charge in [-0.25, -0.2) is 9.97 Å². The minimum Gasteiger partial charge on any atom is -0.352 e. The van der Waals surface area contributed by atoms with Gasteiger partial charge in [0.15, 0.2) is 0 Å². The fourth-order valence-corrected chi connectivity index (χ4v) is 4.99. The lowest BCUT2D eigenvalue weighted by Gasteiger charge is -2.35. The third kappa shape index (κ3) is 4.36. The van der Waals surface area contributed by atoms with Crippen LogP contribution in [0.1, 0.15) is 12.0 Å². The molecule has 1 amide bonds. The zero-order valence-electron chi connectivity index (χ0n) is 18.3. The van der Waals surface area contributed by atoms with E-state index in [0.29, 0.717) is 38.1 Å². The van der Waals surface area contributed by atoms with Crippen molar-refractivity contribution in [2.75, 3.05) is 31.1 Å². The van der Waals surface area contributed by atoms with E-state index < -0.39 is 0 Å². The quantitative estimate of drug-likeness (QED) is 0.455. The maximum Gasteiger partial charge on any atom is 0.262 e. The Kier molecular flexibility index (Phi) is 5.87. The monoisotopic (exact) mass is 460 g/mol. The highest BCUT2D eigenvalue weighted by Gasteiger charge is 2.22. The number of piperazine rings is 1. The molecule has 0 bridgehead atoms. The average Bonchev–Trinajstić information content (AvgIpc) is 3.29. The first-order valence-corrected chi connectivity index (χ1v) is 11.8. The van der Waals surface area contributed by atoms with Gasteiger partial charge in [0.25, 0.3) is 5.56 Å². The van der Waals surface area contributed by atoms with Crippen molar-refractivity contribution in [3.05, 3.63) is 70.5 Å². The Morgan fingerprint density at radius 2 is 1.85 bits per heavy atom. The highest BCUT2D eigenvalue weighted by molar-refractivity contribution is 7.17. The van der Waals surface area contributed by atoms with E-state index in [1.54, 1.807) is 29.5 Å². The van der Waals surface area contributed by atoms with Crippen molar-refractivity contribution in [1.82, 2.24) is 24.4 Å². The third-order valence-electron chi connectivity index (χ3n) is 6.00. The molecule has 168 valence electrons. The second-order valence-corrected chi connectivity index (χ2v) is 8.98. The Morgan fingerprint density at radius 1 is 1.06 bits per heavy atom. The van der Waals surface area contributed by atoms with Gasteiger partial charge in [-0.3, -0.25) is 19.1 Å². The zero-order chi connectivity index (χ0) is 22.8. The van der Waals surface area contributed by atoms with Crippen LogP contribution in [0.5, 0.6) is 0 Å². The number of hydrogen-bond donors (Lipinski definition) is 0. The molecule has 0 aliphatic carbocycles. The molecule has 33 heavy (non-hydrogen) atoms. The number of carbonyl (C=O) groups is 1. The number of amides is 1. The molecule has 0 radical (unpaired) electrons. The van der Waals surface area contributed by atoms with Gasteiger partial charge in [-0.1, -0.05) is 29.8 Å². The second-order valence-electron chi connectivity index (χ2n) is 8.12. The van der Waals surface area contributed by atoms with Gasteiger partial charge in [-0.15, -0.1) is 11.3 Å². The van der Waals surface area contributed by atoms with Crippen molar-refractivity contribution in [3.8, 4) is 11.1 Å². The molecule has 1 aromatic carbocycles. The lowest BCUT2D eigenvalue weighted by Crippen LogP contribution is -2.49. The van der Waals surface area contributed by atoms with E-state index >= 15 is 0 Å². The average molecular weight is 461 g/mol. The molecular weight excluding hydrogens is 436 g/mol. The molecule has 1 fully saturated rings. The number of rotatable bonds is 5. The summed E-state index contributed by atoms with van der Waals surface area (Å²) in [5, 5.41) is 2.60. The van der Waals surface area contributed by atoms with Crippen LogP contribution in [-0.4, -0.2) is 56.5 Å². The van der Waals surface area contributed by atoms with Crippen molar-refractivity contribution in [1.29, 1.82) is 0 Å². The Labute approximate surface area is 195 Å². The summed E-state index contributed by atoms with van der Waals surface area (Å²) < 4.78 is 1.56. The van der Waals surface area contributed by atoms with Crippen LogP contribution in [-0.2, 0) is 11.3 Å². The number of anilines is 1. The normalized spacial score (nSPS) is 14.1. The van der Waals surface area contributed by atoms with Gasteiger partial charge in [0.05, 0.1) is 17.9 Å². The predicted octanol–water partition coefficient (Wildman–Crippen LogP) is 2.96. The number of carbonyl (C=O) groups excluding carboxylic acids is 1. The smallest absolute Gasteiger partial charge is 0.262 e. The summed E-state index contributed by atoms with van der Waals surface area (Å²) in [6.07, 6.45) is 6.88. The Bertz CT molecular complexity index is 1320. The van der Waals surface area contributed by atoms with Gasteiger partial charge >= 0.3 is 0 Å². The van der Waals surface area contributed by atoms with Gasteiger partial charge in [-0.05, 0) is 12.5 Å². The maximum absolute atomic E-state index is 13.2. The fraction of sp³-hybridized carbons (Fsp3) is 0.292. The van der Waals surface area contributed by atoms with Crippen molar-refractivity contribution >= 4 is 33.3 Å². The first-order chi connectivity index (χ1) is 16.1. The SMILES string of the molecule is Cc1ccc(-c2csc3ncn(CCC(=O)N4CCN(c5cnccn5)CC4)c(=O)c23)cc1. The third-order valence-corrected chi connectivity index (χ3v) is 6.88. The number of benzene rings is 1. The molecule has 0 unspecified atom stereocenters. The van der Waals surface area contributed by atoms with Gasteiger partial charge in [0.1, 0.15) is 10.6 Å². The number of aromatic nitrogens is 4. The lowest BCUT2D eigenvalue weighted by molar-refractivity contribution is -0.131. The van der Waals surface area contributed by atoms with Crippen LogP contribution < -0.4 is 10.5 Å². The minimum atomic E-state index is -0.0999. The van der Waals surface area contributed by atoms with Crippen LogP contribution in [0, 0.1) is 6.92 Å². The Morgan fingerprint density at radius 3 is 2.58 bits per heavy atom. The number of thiophene rings is 1. The van der Waals surface area contributed by atoms with E-state index in [9.17, 15) is 9.59 Å². The molecule has 0 N–H and O–H groups in total. The number of fused-ring (bicyclic) bond motifs is 1. The van der Waals surface area contributed by atoms with E-state index in [1.807, 2.05) is 41.5 Å². The molecule has 1 aliphatic heterocycles. The molecule has 1 saturated heterocycles. The molecule has 5 rings (SSSR count). The van der Waals surface area contributed by atoms with Gasteiger partial charge in [0, 0.05) is 62.5 Å². The van der Waals surface area contributed by atoms with Crippen LogP contribution >= 0.6 is 11.3 Å². The second kappa shape index (κ2) is 9.11. The van der Waals surface area contributed by atoms with E-state index in [1.165, 1.54) is 16.9 Å². The molecule has 0 atom stereocenters. The van der Waals surface area contributed by atoms with E-state index in [0.717, 1.165) is 21.8 Å². The van der Waals surface area contributed by atoms with E-state index in [4.69, 9.17) is 0 Å². The summed E-state index contributed by atoms with van der Waals surface area (Å²) in [7, 11) is 0. The highest BCUT2D eigenvalue weighted by Crippen LogP contribution is 2.30. The minimum absolute atomic E-state index is 0.0462. The summed E-state index contributed by atoms with van der Waals surface area (Å²) in [6, 6.07) is 8.13. The van der Waals surface area contributed by atoms with Crippen molar-refractivity contribution in [2.24, 2.45) is 0 Å². The van der Waals surface area contributed by atoms with Gasteiger partial charge in [-0.2, -0.15) is 0 Å². The maximum atomic E-state index is 13.2. The first-order valence-electron chi connectivity index (χ1n) is 10.9. The van der Waals surface area contributed by atoms with E-state index in [-0.39, 0.29) is 17.9 Å². The Balaban J connectivity index is 1.27. The largest absolute Gasteiger partial charge is 0.352 e. The molecule has 0 spiro atoms. The predicted molar refractivity (Wildman–Crippen MR) is 129 cm³/mol. The number of hydrogen-bond acceptors (Lipinski definition) is 7. The van der Waals surface area contributed by atoms with Crippen LogP contribution in [0.4, 0.5) is 5.82 Å². The molecule has 4 heterocycles. The van der Waals surface area contributed by atoms with Gasteiger partial charge in [0.2, 0.25) is 5.91 Å². The van der Waals surface area contributed by atoms with Crippen LogP contribution in [0.2, 0.25) is 0 Å². The molecule has 0 saturated carbocycles. The number of nitrogens with zero attached hydrogens (tertiary/aromatic N) is 6. The van der Waals surface area contributed by atoms with E-state index in [2.05, 4.69) is 19.9 Å². The summed E-state index contributed by atoms with van der Waals surface area (Å²) in [6.45, 7) is 5.04.